The predicted octanol–water partition coefficient (Wildman–Crippen LogP) is 1.15. The monoisotopic (exact) mass is 248 g/mol. The van der Waals surface area contributed by atoms with Crippen molar-refractivity contribution < 1.29 is 8.42 Å². The minimum Gasteiger partial charge on any atom is -0.310 e. The molecule has 0 aliphatic heterocycles. The van der Waals surface area contributed by atoms with E-state index in [9.17, 15) is 8.42 Å². The molecule has 0 bridgehead atoms. The molecule has 1 heterocycles. The van der Waals surface area contributed by atoms with Crippen LogP contribution in [0.2, 0.25) is 0 Å². The van der Waals surface area contributed by atoms with Crippen molar-refractivity contribution in [2.75, 3.05) is 7.05 Å². The molecule has 0 aliphatic rings. The average Bonchev–Trinajstić information content (AvgIpc) is 2.63. The van der Waals surface area contributed by atoms with Crippen LogP contribution in [-0.2, 0) is 16.6 Å². The van der Waals surface area contributed by atoms with Crippen molar-refractivity contribution in [3.8, 4) is 0 Å². The summed E-state index contributed by atoms with van der Waals surface area (Å²) in [5.74, 6) is 0. The zero-order chi connectivity index (χ0) is 11.5. The first kappa shape index (κ1) is 12.6. The third-order valence-electron chi connectivity index (χ3n) is 1.89. The lowest BCUT2D eigenvalue weighted by Crippen LogP contribution is -2.21. The molecule has 0 spiro atoms. The Kier molecular flexibility index (Phi) is 4.27. The lowest BCUT2D eigenvalue weighted by Gasteiger charge is -2.05. The minimum atomic E-state index is -3.28. The summed E-state index contributed by atoms with van der Waals surface area (Å²) >= 11 is 1.45. The van der Waals surface area contributed by atoms with Crippen molar-refractivity contribution in [3.63, 3.8) is 0 Å². The molecule has 1 aromatic rings. The van der Waals surface area contributed by atoms with E-state index in [-0.39, 0.29) is 0 Å². The van der Waals surface area contributed by atoms with Gasteiger partial charge in [-0.3, -0.25) is 0 Å². The Balaban J connectivity index is 2.73. The van der Waals surface area contributed by atoms with Gasteiger partial charge in [0.2, 0.25) is 10.0 Å². The van der Waals surface area contributed by atoms with Crippen LogP contribution in [0.3, 0.4) is 0 Å². The van der Waals surface area contributed by atoms with E-state index in [2.05, 4.69) is 23.9 Å². The molecule has 6 heteroatoms. The van der Waals surface area contributed by atoms with Gasteiger partial charge in [0, 0.05) is 22.8 Å². The summed E-state index contributed by atoms with van der Waals surface area (Å²) in [5.41, 5.74) is 0. The largest absolute Gasteiger partial charge is 0.310 e. The van der Waals surface area contributed by atoms with E-state index in [1.807, 2.05) is 0 Å². The molecule has 0 saturated heterocycles. The molecular weight excluding hydrogens is 232 g/mol. The summed E-state index contributed by atoms with van der Waals surface area (Å²) < 4.78 is 25.1. The number of hydrogen-bond acceptors (Lipinski definition) is 4. The average molecular weight is 248 g/mol. The van der Waals surface area contributed by atoms with Gasteiger partial charge < -0.3 is 5.32 Å². The standard InChI is InChI=1S/C9H16N2O2S2/c1-7(2)11-5-8-4-9(6-14-8)15(12,13)10-3/h4,6-7,10-11H,5H2,1-3H3. The molecule has 0 atom stereocenters. The fourth-order valence-electron chi connectivity index (χ4n) is 1.02. The summed E-state index contributed by atoms with van der Waals surface area (Å²) in [6.07, 6.45) is 0. The van der Waals surface area contributed by atoms with E-state index in [0.717, 1.165) is 4.88 Å². The van der Waals surface area contributed by atoms with E-state index in [4.69, 9.17) is 0 Å². The maximum absolute atomic E-state index is 11.4. The molecule has 0 saturated carbocycles. The number of thiophene rings is 1. The summed E-state index contributed by atoms with van der Waals surface area (Å²) in [6.45, 7) is 4.82. The smallest absolute Gasteiger partial charge is 0.241 e. The Bertz CT molecular complexity index is 410. The number of hydrogen-bond donors (Lipinski definition) is 2. The van der Waals surface area contributed by atoms with Crippen LogP contribution >= 0.6 is 11.3 Å². The van der Waals surface area contributed by atoms with E-state index in [1.54, 1.807) is 11.4 Å². The first-order valence-corrected chi connectivity index (χ1v) is 7.06. The Hall–Kier alpha value is -0.430. The number of rotatable bonds is 5. The van der Waals surface area contributed by atoms with Crippen LogP contribution in [0.5, 0.6) is 0 Å². The molecule has 0 amide bonds. The lowest BCUT2D eigenvalue weighted by molar-refractivity contribution is 0.587. The van der Waals surface area contributed by atoms with Crippen molar-refractivity contribution in [1.82, 2.24) is 10.0 Å². The molecule has 4 nitrogen and oxygen atoms in total. The maximum Gasteiger partial charge on any atom is 0.241 e. The maximum atomic E-state index is 11.4. The molecule has 15 heavy (non-hydrogen) atoms. The molecule has 1 rings (SSSR count). The summed E-state index contributed by atoms with van der Waals surface area (Å²) in [4.78, 5) is 1.37. The van der Waals surface area contributed by atoms with Crippen LogP contribution in [0, 0.1) is 0 Å². The third-order valence-corrected chi connectivity index (χ3v) is 4.37. The Morgan fingerprint density at radius 1 is 1.47 bits per heavy atom. The van der Waals surface area contributed by atoms with Crippen molar-refractivity contribution >= 4 is 21.4 Å². The minimum absolute atomic E-state index is 0.343. The topological polar surface area (TPSA) is 58.2 Å². The zero-order valence-electron chi connectivity index (χ0n) is 9.07. The predicted molar refractivity (Wildman–Crippen MR) is 62.5 cm³/mol. The first-order valence-electron chi connectivity index (χ1n) is 4.70. The van der Waals surface area contributed by atoms with Gasteiger partial charge in [-0.1, -0.05) is 13.8 Å². The van der Waals surface area contributed by atoms with Crippen molar-refractivity contribution in [3.05, 3.63) is 16.3 Å². The van der Waals surface area contributed by atoms with Crippen molar-refractivity contribution in [2.45, 2.75) is 31.3 Å². The van der Waals surface area contributed by atoms with Crippen molar-refractivity contribution in [2.24, 2.45) is 0 Å². The van der Waals surface area contributed by atoms with Gasteiger partial charge in [-0.15, -0.1) is 11.3 Å². The fourth-order valence-corrected chi connectivity index (χ4v) is 2.97. The summed E-state index contributed by atoms with van der Waals surface area (Å²) in [6, 6.07) is 2.10. The van der Waals surface area contributed by atoms with Crippen LogP contribution in [0.25, 0.3) is 0 Å². The summed E-state index contributed by atoms with van der Waals surface area (Å²) in [7, 11) is -1.87. The first-order chi connectivity index (χ1) is 6.95. The van der Waals surface area contributed by atoms with Crippen LogP contribution in [-0.4, -0.2) is 21.5 Å². The highest BCUT2D eigenvalue weighted by Crippen LogP contribution is 2.18. The normalized spacial score (nSPS) is 12.3. The van der Waals surface area contributed by atoms with Gasteiger partial charge >= 0.3 is 0 Å². The zero-order valence-corrected chi connectivity index (χ0v) is 10.7. The van der Waals surface area contributed by atoms with Gasteiger partial charge in [-0.05, 0) is 13.1 Å². The highest BCUT2D eigenvalue weighted by molar-refractivity contribution is 7.89. The highest BCUT2D eigenvalue weighted by atomic mass is 32.2. The third kappa shape index (κ3) is 3.57. The molecule has 0 radical (unpaired) electrons. The Morgan fingerprint density at radius 3 is 2.67 bits per heavy atom. The second kappa shape index (κ2) is 5.07. The van der Waals surface area contributed by atoms with Crippen LogP contribution in [0.1, 0.15) is 18.7 Å². The number of nitrogens with one attached hydrogen (secondary N) is 2. The quantitative estimate of drug-likeness (QED) is 0.822. The Morgan fingerprint density at radius 2 is 2.13 bits per heavy atom. The van der Waals surface area contributed by atoms with Crippen LogP contribution in [0.4, 0.5) is 0 Å². The molecule has 86 valence electrons. The lowest BCUT2D eigenvalue weighted by atomic mass is 10.4. The Labute approximate surface area is 94.8 Å². The van der Waals surface area contributed by atoms with E-state index < -0.39 is 10.0 Å². The molecule has 2 N–H and O–H groups in total. The van der Waals surface area contributed by atoms with Crippen LogP contribution in [0.15, 0.2) is 16.3 Å². The fraction of sp³-hybridized carbons (Fsp3) is 0.556. The van der Waals surface area contributed by atoms with Gasteiger partial charge in [0.25, 0.3) is 0 Å². The van der Waals surface area contributed by atoms with Gasteiger partial charge in [0.05, 0.1) is 4.90 Å². The van der Waals surface area contributed by atoms with Gasteiger partial charge in [-0.25, -0.2) is 13.1 Å². The van der Waals surface area contributed by atoms with E-state index in [0.29, 0.717) is 17.5 Å². The molecule has 1 aromatic heterocycles. The summed E-state index contributed by atoms with van der Waals surface area (Å²) in [5, 5.41) is 4.90. The molecular formula is C9H16N2O2S2. The SMILES string of the molecule is CNS(=O)(=O)c1csc(CNC(C)C)c1. The second-order valence-electron chi connectivity index (χ2n) is 3.49. The van der Waals surface area contributed by atoms with Gasteiger partial charge in [0.1, 0.15) is 0 Å². The molecule has 0 aromatic carbocycles. The van der Waals surface area contributed by atoms with Crippen molar-refractivity contribution in [1.29, 1.82) is 0 Å². The van der Waals surface area contributed by atoms with Gasteiger partial charge in [0.15, 0.2) is 0 Å². The number of sulfonamides is 1. The van der Waals surface area contributed by atoms with Gasteiger partial charge in [-0.2, -0.15) is 0 Å². The van der Waals surface area contributed by atoms with E-state index >= 15 is 0 Å². The molecule has 0 aliphatic carbocycles. The highest BCUT2D eigenvalue weighted by Gasteiger charge is 2.13. The second-order valence-corrected chi connectivity index (χ2v) is 6.37. The molecule has 0 unspecified atom stereocenters. The molecule has 0 fully saturated rings. The van der Waals surface area contributed by atoms with E-state index in [1.165, 1.54) is 18.4 Å². The van der Waals surface area contributed by atoms with Crippen LogP contribution < -0.4 is 10.0 Å².